The van der Waals surface area contributed by atoms with E-state index in [0.717, 1.165) is 17.7 Å². The second-order valence-corrected chi connectivity index (χ2v) is 5.61. The van der Waals surface area contributed by atoms with E-state index in [4.69, 9.17) is 10.5 Å². The minimum Gasteiger partial charge on any atom is -0.487 e. The molecule has 0 saturated heterocycles. The lowest BCUT2D eigenvalue weighted by Crippen LogP contribution is -2.25. The summed E-state index contributed by atoms with van der Waals surface area (Å²) in [5, 5.41) is 7.64. The largest absolute Gasteiger partial charge is 0.487 e. The summed E-state index contributed by atoms with van der Waals surface area (Å²) in [4.78, 5) is 11.0. The van der Waals surface area contributed by atoms with Crippen LogP contribution in [0.15, 0.2) is 24.4 Å². The predicted molar refractivity (Wildman–Crippen MR) is 72.5 cm³/mol. The third-order valence-electron chi connectivity index (χ3n) is 3.30. The molecule has 3 rings (SSSR count). The number of carbonyl (C=O) groups excluding carboxylic acids is 1. The Morgan fingerprint density at radius 1 is 1.50 bits per heavy atom. The Morgan fingerprint density at radius 3 is 3.00 bits per heavy atom. The zero-order valence-electron chi connectivity index (χ0n) is 11.5. The van der Waals surface area contributed by atoms with E-state index in [0.29, 0.717) is 6.54 Å². The highest BCUT2D eigenvalue weighted by Crippen LogP contribution is 2.37. The van der Waals surface area contributed by atoms with Gasteiger partial charge < -0.3 is 10.5 Å². The van der Waals surface area contributed by atoms with Crippen LogP contribution in [-0.2, 0) is 13.0 Å². The van der Waals surface area contributed by atoms with E-state index in [1.54, 1.807) is 10.9 Å². The number of hydrogen-bond acceptors (Lipinski definition) is 4. The van der Waals surface area contributed by atoms with Gasteiger partial charge in [0.1, 0.15) is 11.4 Å². The Balaban J connectivity index is 1.89. The molecule has 0 atom stereocenters. The van der Waals surface area contributed by atoms with Gasteiger partial charge in [-0.25, -0.2) is 4.68 Å². The molecule has 0 fully saturated rings. The summed E-state index contributed by atoms with van der Waals surface area (Å²) in [6.45, 7) is 4.63. The monoisotopic (exact) mass is 272 g/mol. The lowest BCUT2D eigenvalue weighted by Gasteiger charge is -2.18. The van der Waals surface area contributed by atoms with Crippen LogP contribution in [0.25, 0.3) is 0 Å². The standard InChI is InChI=1S/C14H16N4O2/c1-14(2)6-9-4-3-5-10(12(9)20-14)7-18-8-11(13(15)19)16-17-18/h3-5,8H,6-7H2,1-2H3,(H2,15,19). The van der Waals surface area contributed by atoms with Crippen LogP contribution in [0.3, 0.4) is 0 Å². The summed E-state index contributed by atoms with van der Waals surface area (Å²) in [5.41, 5.74) is 7.37. The number of amides is 1. The molecule has 1 aliphatic heterocycles. The van der Waals surface area contributed by atoms with Crippen LogP contribution < -0.4 is 10.5 Å². The van der Waals surface area contributed by atoms with Gasteiger partial charge in [-0.2, -0.15) is 0 Å². The molecule has 2 heterocycles. The molecule has 1 aromatic carbocycles. The molecule has 2 aromatic rings. The highest BCUT2D eigenvalue weighted by molar-refractivity contribution is 5.90. The van der Waals surface area contributed by atoms with Crippen molar-refractivity contribution in [3.63, 3.8) is 0 Å². The highest BCUT2D eigenvalue weighted by Gasteiger charge is 2.31. The van der Waals surface area contributed by atoms with E-state index in [9.17, 15) is 4.79 Å². The topological polar surface area (TPSA) is 83.0 Å². The van der Waals surface area contributed by atoms with Gasteiger partial charge in [0.05, 0.1) is 12.7 Å². The molecule has 20 heavy (non-hydrogen) atoms. The molecular weight excluding hydrogens is 256 g/mol. The lowest BCUT2D eigenvalue weighted by atomic mass is 10.0. The van der Waals surface area contributed by atoms with Gasteiger partial charge in [0.2, 0.25) is 0 Å². The first-order valence-corrected chi connectivity index (χ1v) is 6.44. The SMILES string of the molecule is CC1(C)Cc2cccc(Cn3cc(C(N)=O)nn3)c2O1. The Morgan fingerprint density at radius 2 is 2.30 bits per heavy atom. The number of nitrogens with zero attached hydrogens (tertiary/aromatic N) is 3. The Kier molecular flexibility index (Phi) is 2.74. The molecular formula is C14H16N4O2. The van der Waals surface area contributed by atoms with Gasteiger partial charge in [-0.1, -0.05) is 23.4 Å². The van der Waals surface area contributed by atoms with Gasteiger partial charge in [-0.15, -0.1) is 5.10 Å². The smallest absolute Gasteiger partial charge is 0.270 e. The first-order valence-electron chi connectivity index (χ1n) is 6.44. The maximum absolute atomic E-state index is 11.0. The fourth-order valence-corrected chi connectivity index (χ4v) is 2.47. The van der Waals surface area contributed by atoms with Gasteiger partial charge in [0.15, 0.2) is 5.69 Å². The van der Waals surface area contributed by atoms with Crippen molar-refractivity contribution in [2.75, 3.05) is 0 Å². The number of para-hydroxylation sites is 1. The highest BCUT2D eigenvalue weighted by atomic mass is 16.5. The fraction of sp³-hybridized carbons (Fsp3) is 0.357. The molecule has 1 aromatic heterocycles. The molecule has 0 radical (unpaired) electrons. The van der Waals surface area contributed by atoms with Gasteiger partial charge in [-0.05, 0) is 19.4 Å². The Labute approximate surface area is 116 Å². The first kappa shape index (κ1) is 12.7. The molecule has 1 amide bonds. The van der Waals surface area contributed by atoms with Crippen molar-refractivity contribution in [3.05, 3.63) is 41.2 Å². The van der Waals surface area contributed by atoms with E-state index in [2.05, 4.69) is 30.2 Å². The minimum atomic E-state index is -0.577. The predicted octanol–water partition coefficient (Wildman–Crippen LogP) is 1.14. The molecule has 6 heteroatoms. The van der Waals surface area contributed by atoms with Crippen LogP contribution in [0.2, 0.25) is 0 Å². The number of hydrogen-bond donors (Lipinski definition) is 1. The summed E-state index contributed by atoms with van der Waals surface area (Å²) in [6.07, 6.45) is 2.43. The Bertz CT molecular complexity index is 676. The lowest BCUT2D eigenvalue weighted by molar-refractivity contribution is 0.0995. The molecule has 0 bridgehead atoms. The summed E-state index contributed by atoms with van der Waals surface area (Å²) in [5.74, 6) is 0.334. The quantitative estimate of drug-likeness (QED) is 0.908. The van der Waals surface area contributed by atoms with Gasteiger partial charge in [0, 0.05) is 12.0 Å². The summed E-state index contributed by atoms with van der Waals surface area (Å²) >= 11 is 0. The van der Waals surface area contributed by atoms with E-state index in [1.807, 2.05) is 12.1 Å². The third kappa shape index (κ3) is 2.24. The molecule has 6 nitrogen and oxygen atoms in total. The number of rotatable bonds is 3. The average Bonchev–Trinajstić information content (AvgIpc) is 2.92. The van der Waals surface area contributed by atoms with Gasteiger partial charge >= 0.3 is 0 Å². The van der Waals surface area contributed by atoms with Crippen LogP contribution in [0.5, 0.6) is 5.75 Å². The summed E-state index contributed by atoms with van der Waals surface area (Å²) in [6, 6.07) is 6.07. The number of primary amides is 1. The number of nitrogens with two attached hydrogens (primary N) is 1. The molecule has 0 spiro atoms. The van der Waals surface area contributed by atoms with E-state index in [-0.39, 0.29) is 11.3 Å². The summed E-state index contributed by atoms with van der Waals surface area (Å²) < 4.78 is 7.59. The summed E-state index contributed by atoms with van der Waals surface area (Å²) in [7, 11) is 0. The zero-order valence-corrected chi connectivity index (χ0v) is 11.5. The second-order valence-electron chi connectivity index (χ2n) is 5.61. The first-order chi connectivity index (χ1) is 9.44. The fourth-order valence-electron chi connectivity index (χ4n) is 2.47. The van der Waals surface area contributed by atoms with E-state index in [1.165, 1.54) is 5.56 Å². The zero-order chi connectivity index (χ0) is 14.3. The normalized spacial score (nSPS) is 15.7. The van der Waals surface area contributed by atoms with Crippen molar-refractivity contribution in [2.24, 2.45) is 5.73 Å². The molecule has 0 saturated carbocycles. The minimum absolute atomic E-state index is 0.166. The average molecular weight is 272 g/mol. The van der Waals surface area contributed by atoms with Crippen LogP contribution in [0.1, 0.15) is 35.5 Å². The molecule has 0 unspecified atom stereocenters. The maximum Gasteiger partial charge on any atom is 0.270 e. The third-order valence-corrected chi connectivity index (χ3v) is 3.30. The molecule has 1 aliphatic rings. The number of ether oxygens (including phenoxy) is 1. The molecule has 0 aliphatic carbocycles. The number of aromatic nitrogens is 3. The Hall–Kier alpha value is -2.37. The van der Waals surface area contributed by atoms with Crippen LogP contribution in [0.4, 0.5) is 0 Å². The van der Waals surface area contributed by atoms with Gasteiger partial charge in [-0.3, -0.25) is 4.79 Å². The van der Waals surface area contributed by atoms with Crippen LogP contribution in [0, 0.1) is 0 Å². The van der Waals surface area contributed by atoms with Crippen molar-refractivity contribution in [2.45, 2.75) is 32.4 Å². The van der Waals surface area contributed by atoms with Crippen LogP contribution >= 0.6 is 0 Å². The maximum atomic E-state index is 11.0. The number of benzene rings is 1. The second kappa shape index (κ2) is 4.33. The van der Waals surface area contributed by atoms with Crippen LogP contribution in [-0.4, -0.2) is 26.5 Å². The van der Waals surface area contributed by atoms with Crippen molar-refractivity contribution in [1.82, 2.24) is 15.0 Å². The van der Waals surface area contributed by atoms with Crippen molar-refractivity contribution in [1.29, 1.82) is 0 Å². The molecule has 2 N–H and O–H groups in total. The molecule has 104 valence electrons. The van der Waals surface area contributed by atoms with E-state index < -0.39 is 5.91 Å². The van der Waals surface area contributed by atoms with Crippen molar-refractivity contribution < 1.29 is 9.53 Å². The van der Waals surface area contributed by atoms with Crippen molar-refractivity contribution in [3.8, 4) is 5.75 Å². The van der Waals surface area contributed by atoms with E-state index >= 15 is 0 Å². The van der Waals surface area contributed by atoms with Crippen molar-refractivity contribution >= 4 is 5.91 Å². The van der Waals surface area contributed by atoms with Gasteiger partial charge in [0.25, 0.3) is 5.91 Å². The number of carbonyl (C=O) groups is 1. The number of fused-ring (bicyclic) bond motifs is 1.